The number of hydrogen-bond donors (Lipinski definition) is 0. The van der Waals surface area contributed by atoms with Gasteiger partial charge in [0.25, 0.3) is 0 Å². The van der Waals surface area contributed by atoms with Gasteiger partial charge in [-0.2, -0.15) is 18.5 Å². The van der Waals surface area contributed by atoms with Crippen LogP contribution in [0.25, 0.3) is 0 Å². The largest absolute Gasteiger partial charge is 0.165 e. The van der Waals surface area contributed by atoms with Crippen LogP contribution in [-0.4, -0.2) is 25.0 Å². The number of aryl methyl sites for hydroxylation is 2. The van der Waals surface area contributed by atoms with Gasteiger partial charge < -0.3 is 0 Å². The zero-order chi connectivity index (χ0) is 14.1. The van der Waals surface area contributed by atoms with Crippen molar-refractivity contribution in [2.75, 3.05) is 25.0 Å². The van der Waals surface area contributed by atoms with E-state index < -0.39 is 18.5 Å². The Kier molecular flexibility index (Phi) is 5.39. The van der Waals surface area contributed by atoms with E-state index in [1.165, 1.54) is 22.3 Å². The van der Waals surface area contributed by atoms with Crippen LogP contribution in [0.5, 0.6) is 0 Å². The summed E-state index contributed by atoms with van der Waals surface area (Å²) < 4.78 is 0. The van der Waals surface area contributed by atoms with Gasteiger partial charge in [-0.25, -0.2) is 0 Å². The maximum atomic E-state index is 6.40. The van der Waals surface area contributed by atoms with E-state index in [4.69, 9.17) is 21.4 Å². The topological polar surface area (TPSA) is 0 Å². The molecule has 106 valence electrons. The van der Waals surface area contributed by atoms with Crippen LogP contribution in [0, 0.1) is 13.8 Å². The summed E-state index contributed by atoms with van der Waals surface area (Å²) in [6.45, 7) is 4.35. The highest BCUT2D eigenvalue weighted by Crippen LogP contribution is 2.51. The molecule has 0 N–H and O–H groups in total. The van der Waals surface area contributed by atoms with Gasteiger partial charge in [0.1, 0.15) is 0 Å². The fourth-order valence-corrected chi connectivity index (χ4v) is 4.79. The molecule has 0 radical (unpaired) electrons. The second kappa shape index (κ2) is 5.87. The highest BCUT2D eigenvalue weighted by Gasteiger charge is 2.15. The molecule has 0 bridgehead atoms. The lowest BCUT2D eigenvalue weighted by Gasteiger charge is -2.26. The summed E-state index contributed by atoms with van der Waals surface area (Å²) in [6.07, 6.45) is 8.57. The lowest BCUT2D eigenvalue weighted by molar-refractivity contribution is 1.21. The van der Waals surface area contributed by atoms with Crippen molar-refractivity contribution in [1.29, 1.82) is 0 Å². The van der Waals surface area contributed by atoms with Crippen LogP contribution < -0.4 is 0 Å². The van der Waals surface area contributed by atoms with Crippen molar-refractivity contribution >= 4 is 39.8 Å². The minimum absolute atomic E-state index is 0.985. The Morgan fingerprint density at radius 1 is 0.778 bits per heavy atom. The van der Waals surface area contributed by atoms with Gasteiger partial charge in [0, 0.05) is 11.5 Å². The minimum Gasteiger partial charge on any atom is -0.165 e. The maximum absolute atomic E-state index is 6.40. The average molecular weight is 327 g/mol. The zero-order valence-electron chi connectivity index (χ0n) is 12.1. The van der Waals surface area contributed by atoms with Crippen molar-refractivity contribution in [3.63, 3.8) is 0 Å². The van der Waals surface area contributed by atoms with E-state index in [2.05, 4.69) is 51.0 Å². The van der Waals surface area contributed by atoms with E-state index in [0.717, 1.165) is 11.5 Å². The number of rotatable bonds is 4. The molecular weight excluding hydrogens is 303 g/mol. The quantitative estimate of drug-likeness (QED) is 0.661. The Morgan fingerprint density at radius 2 is 1.06 bits per heavy atom. The molecule has 0 heterocycles. The molecule has 1 aromatic rings. The molecule has 0 spiro atoms. The van der Waals surface area contributed by atoms with Gasteiger partial charge in [-0.15, -0.1) is 0 Å². The summed E-state index contributed by atoms with van der Waals surface area (Å²) in [5.41, 5.74) is 5.46. The van der Waals surface area contributed by atoms with Crippen LogP contribution in [0.1, 0.15) is 22.3 Å². The van der Waals surface area contributed by atoms with E-state index in [1.807, 2.05) is 0 Å². The molecule has 0 aliphatic carbocycles. The Hall–Kier alpha value is 0.500. The van der Waals surface area contributed by atoms with Gasteiger partial charge in [-0.1, -0.05) is 33.5 Å². The predicted octanol–water partition coefficient (Wildman–Crippen LogP) is 5.74. The SMILES string of the molecule is Cc1cc(CS(C)(C)Cl)c(C)cc1CS(C)(C)Cl. The molecule has 0 amide bonds. The third-order valence-corrected chi connectivity index (χ3v) is 5.44. The molecule has 0 unspecified atom stereocenters. The molecule has 0 aromatic heterocycles. The van der Waals surface area contributed by atoms with Crippen LogP contribution in [0.15, 0.2) is 12.1 Å². The first kappa shape index (κ1) is 16.6. The third kappa shape index (κ3) is 5.64. The number of hydrogen-bond acceptors (Lipinski definition) is 0. The molecule has 0 nitrogen and oxygen atoms in total. The Labute approximate surface area is 124 Å². The molecule has 0 aliphatic heterocycles. The first-order valence-corrected chi connectivity index (χ1v) is 12.8. The summed E-state index contributed by atoms with van der Waals surface area (Å²) in [6, 6.07) is 4.59. The molecule has 0 atom stereocenters. The second-order valence-corrected chi connectivity index (χ2v) is 17.0. The molecule has 0 fully saturated rings. The first-order valence-electron chi connectivity index (χ1n) is 5.88. The molecule has 18 heavy (non-hydrogen) atoms. The zero-order valence-corrected chi connectivity index (χ0v) is 15.3. The van der Waals surface area contributed by atoms with Crippen molar-refractivity contribution in [2.45, 2.75) is 25.4 Å². The maximum Gasteiger partial charge on any atom is 0.0149 e. The highest BCUT2D eigenvalue weighted by molar-refractivity contribution is 8.50. The molecular formula is C14H24Cl2S2. The molecule has 1 aromatic carbocycles. The van der Waals surface area contributed by atoms with Gasteiger partial charge >= 0.3 is 0 Å². The van der Waals surface area contributed by atoms with Crippen LogP contribution in [0.3, 0.4) is 0 Å². The van der Waals surface area contributed by atoms with Gasteiger partial charge in [-0.05, 0) is 61.1 Å². The molecule has 4 heteroatoms. The van der Waals surface area contributed by atoms with E-state index >= 15 is 0 Å². The molecule has 1 rings (SSSR count). The summed E-state index contributed by atoms with van der Waals surface area (Å²) in [5, 5.41) is 0. The van der Waals surface area contributed by atoms with Gasteiger partial charge in [0.15, 0.2) is 0 Å². The predicted molar refractivity (Wildman–Crippen MR) is 93.9 cm³/mol. The van der Waals surface area contributed by atoms with Gasteiger partial charge in [-0.3, -0.25) is 0 Å². The van der Waals surface area contributed by atoms with Crippen molar-refractivity contribution in [1.82, 2.24) is 0 Å². The molecule has 0 saturated carbocycles. The Balaban J connectivity index is 3.05. The fourth-order valence-electron chi connectivity index (χ4n) is 1.99. The number of halogens is 2. The molecule has 0 aliphatic rings. The summed E-state index contributed by atoms with van der Waals surface area (Å²) in [7, 11) is 10.8. The monoisotopic (exact) mass is 326 g/mol. The standard InChI is InChI=1S/C14H24Cl2S2/c1-11-7-14(10-18(5,6)16)12(2)8-13(11)9-17(3,4)15/h7-8H,9-10H2,1-6H3. The normalized spacial score (nSPS) is 14.7. The van der Waals surface area contributed by atoms with Crippen molar-refractivity contribution in [3.8, 4) is 0 Å². The van der Waals surface area contributed by atoms with E-state index in [0.29, 0.717) is 0 Å². The van der Waals surface area contributed by atoms with Crippen LogP contribution in [0.2, 0.25) is 0 Å². The first-order chi connectivity index (χ1) is 7.98. The van der Waals surface area contributed by atoms with Crippen LogP contribution in [0.4, 0.5) is 0 Å². The Bertz CT molecular complexity index is 387. The van der Waals surface area contributed by atoms with E-state index in [9.17, 15) is 0 Å². The average Bonchev–Trinajstić information content (AvgIpc) is 2.08. The lowest BCUT2D eigenvalue weighted by Crippen LogP contribution is -2.01. The van der Waals surface area contributed by atoms with Crippen LogP contribution in [-0.2, 0) is 11.5 Å². The van der Waals surface area contributed by atoms with Gasteiger partial charge in [0.2, 0.25) is 0 Å². The minimum atomic E-state index is -1.01. The summed E-state index contributed by atoms with van der Waals surface area (Å²) in [5.74, 6) is 1.97. The van der Waals surface area contributed by atoms with Crippen molar-refractivity contribution < 1.29 is 0 Å². The third-order valence-electron chi connectivity index (χ3n) is 2.79. The van der Waals surface area contributed by atoms with Crippen molar-refractivity contribution in [2.24, 2.45) is 0 Å². The number of benzene rings is 1. The Morgan fingerprint density at radius 3 is 1.28 bits per heavy atom. The van der Waals surface area contributed by atoms with Crippen LogP contribution >= 0.6 is 39.8 Å². The highest BCUT2D eigenvalue weighted by atomic mass is 35.7. The lowest BCUT2D eigenvalue weighted by atomic mass is 10.0. The smallest absolute Gasteiger partial charge is 0.0149 e. The molecule has 0 saturated heterocycles. The summed E-state index contributed by atoms with van der Waals surface area (Å²) >= 11 is 0. The fraction of sp³-hybridized carbons (Fsp3) is 0.571. The van der Waals surface area contributed by atoms with E-state index in [-0.39, 0.29) is 0 Å². The second-order valence-electron chi connectivity index (χ2n) is 5.80. The van der Waals surface area contributed by atoms with E-state index in [1.54, 1.807) is 0 Å². The van der Waals surface area contributed by atoms with Crippen molar-refractivity contribution in [3.05, 3.63) is 34.4 Å². The summed E-state index contributed by atoms with van der Waals surface area (Å²) in [4.78, 5) is 0. The van der Waals surface area contributed by atoms with Gasteiger partial charge in [0.05, 0.1) is 0 Å².